The van der Waals surface area contributed by atoms with Crippen molar-refractivity contribution in [2.75, 3.05) is 18.0 Å². The Morgan fingerprint density at radius 2 is 1.67 bits per heavy atom. The van der Waals surface area contributed by atoms with Crippen LogP contribution in [0.2, 0.25) is 5.02 Å². The molecule has 1 N–H and O–H groups in total. The highest BCUT2D eigenvalue weighted by atomic mass is 127. The number of β-lactam (4-membered cyclic amide) rings is 1. The van der Waals surface area contributed by atoms with Gasteiger partial charge in [0.2, 0.25) is 12.3 Å². The summed E-state index contributed by atoms with van der Waals surface area (Å²) in [5.74, 6) is -0.468. The lowest BCUT2D eigenvalue weighted by molar-refractivity contribution is -0.176. The van der Waals surface area contributed by atoms with Crippen molar-refractivity contribution >= 4 is 64.0 Å². The summed E-state index contributed by atoms with van der Waals surface area (Å²) in [4.78, 5) is 65.0. The van der Waals surface area contributed by atoms with E-state index in [4.69, 9.17) is 16.3 Å². The molecule has 0 spiro atoms. The number of rotatable bonds is 13. The number of likely N-dealkylation sites (tertiary alicyclic amines) is 1. The topological polar surface area (TPSA) is 103 Å². The Morgan fingerprint density at radius 3 is 2.33 bits per heavy atom. The van der Waals surface area contributed by atoms with Crippen molar-refractivity contribution in [2.24, 2.45) is 5.92 Å². The molecule has 5 aliphatic heterocycles. The SMILES string of the molecule is Cc1ccc(N(C=O)C(C(=O)NC2CC3CCN2CC3)N2C(=O)C(N3C(=O)C(c4ccc(Cl)cc4)OC3c3cccc(C(C)C)c3)C2CCc2cccc(I)c2)cc1. The van der Waals surface area contributed by atoms with Crippen molar-refractivity contribution in [2.45, 2.75) is 95.5 Å². The van der Waals surface area contributed by atoms with Crippen LogP contribution < -0.4 is 10.2 Å². The van der Waals surface area contributed by atoms with Gasteiger partial charge in [-0.2, -0.15) is 0 Å². The molecule has 5 saturated heterocycles. The second-order valence-electron chi connectivity index (χ2n) is 16.4. The van der Waals surface area contributed by atoms with Gasteiger partial charge in [0.05, 0.1) is 12.2 Å². The molecule has 10 nitrogen and oxygen atoms in total. The molecule has 0 aliphatic carbocycles. The maximum atomic E-state index is 15.2. The van der Waals surface area contributed by atoms with Crippen LogP contribution in [0.25, 0.3) is 0 Å². The number of fused-ring (bicyclic) bond motifs is 3. The summed E-state index contributed by atoms with van der Waals surface area (Å²) in [5.41, 5.74) is 5.00. The van der Waals surface area contributed by atoms with Gasteiger partial charge in [-0.1, -0.05) is 91.7 Å². The zero-order valence-electron chi connectivity index (χ0n) is 33.0. The van der Waals surface area contributed by atoms with Gasteiger partial charge < -0.3 is 15.0 Å². The van der Waals surface area contributed by atoms with E-state index in [0.717, 1.165) is 58.2 Å². The summed E-state index contributed by atoms with van der Waals surface area (Å²) in [6.07, 6.45) is 1.26. The number of hydrogen-bond donors (Lipinski definition) is 1. The molecule has 4 aromatic rings. The van der Waals surface area contributed by atoms with Crippen LogP contribution in [0, 0.1) is 16.4 Å². The number of ether oxygens (including phenoxy) is 1. The molecule has 302 valence electrons. The maximum absolute atomic E-state index is 15.2. The molecule has 9 rings (SSSR count). The van der Waals surface area contributed by atoms with Gasteiger partial charge in [0.1, 0.15) is 6.04 Å². The Hall–Kier alpha value is -4.30. The number of halogens is 2. The molecule has 2 bridgehead atoms. The van der Waals surface area contributed by atoms with Gasteiger partial charge in [-0.25, -0.2) is 0 Å². The number of amides is 4. The van der Waals surface area contributed by atoms with Crippen LogP contribution in [-0.4, -0.2) is 76.3 Å². The van der Waals surface area contributed by atoms with E-state index in [0.29, 0.717) is 41.4 Å². The smallest absolute Gasteiger partial charge is 0.265 e. The summed E-state index contributed by atoms with van der Waals surface area (Å²) in [7, 11) is 0. The zero-order valence-corrected chi connectivity index (χ0v) is 35.9. The molecule has 6 unspecified atom stereocenters. The van der Waals surface area contributed by atoms with E-state index in [1.165, 1.54) is 4.90 Å². The summed E-state index contributed by atoms with van der Waals surface area (Å²) in [5, 5.41) is 3.80. The molecule has 4 aromatic carbocycles. The molecule has 5 fully saturated rings. The Kier molecular flexibility index (Phi) is 11.9. The van der Waals surface area contributed by atoms with Crippen molar-refractivity contribution in [1.29, 1.82) is 0 Å². The predicted octanol–water partition coefficient (Wildman–Crippen LogP) is 7.73. The molecular weight excluding hydrogens is 865 g/mol. The third kappa shape index (κ3) is 8.02. The normalized spacial score (nSPS) is 25.8. The predicted molar refractivity (Wildman–Crippen MR) is 232 cm³/mol. The Labute approximate surface area is 359 Å². The molecule has 4 amide bonds. The first-order chi connectivity index (χ1) is 28.0. The van der Waals surface area contributed by atoms with Crippen molar-refractivity contribution in [3.8, 4) is 0 Å². The van der Waals surface area contributed by atoms with Crippen LogP contribution in [0.1, 0.15) is 85.6 Å². The van der Waals surface area contributed by atoms with Crippen LogP contribution in [0.5, 0.6) is 0 Å². The summed E-state index contributed by atoms with van der Waals surface area (Å²) < 4.78 is 7.77. The summed E-state index contributed by atoms with van der Waals surface area (Å²) >= 11 is 8.55. The number of nitrogens with zero attached hydrogens (tertiary/aromatic N) is 4. The first kappa shape index (κ1) is 40.5. The first-order valence-corrected chi connectivity index (χ1v) is 21.7. The highest BCUT2D eigenvalue weighted by Gasteiger charge is 2.61. The van der Waals surface area contributed by atoms with E-state index in [2.05, 4.69) is 52.7 Å². The number of carbonyl (C=O) groups excluding carboxylic acids is 4. The van der Waals surface area contributed by atoms with Crippen LogP contribution in [0.15, 0.2) is 97.1 Å². The van der Waals surface area contributed by atoms with Crippen LogP contribution in [-0.2, 0) is 30.3 Å². The van der Waals surface area contributed by atoms with E-state index in [9.17, 15) is 14.4 Å². The van der Waals surface area contributed by atoms with Gasteiger partial charge in [0, 0.05) is 32.9 Å². The van der Waals surface area contributed by atoms with Crippen LogP contribution in [0.4, 0.5) is 5.69 Å². The standard InChI is InChI=1S/C46H49ClIN5O5/c1-28(2)33-7-5-8-34(26-33)46-53(45(57)41(58-46)32-13-15-35(47)16-14-32)40-38(19-12-30-6-4-9-36(48)24-30)52(44(40)56)43(51(27-54)37-17-10-29(3)11-18-37)42(55)49-39-25-31-20-22-50(39)23-21-31/h4-11,13-18,24,26-28,31,38-41,43,46H,12,19-23,25H2,1-3H3,(H,49,55). The number of nitrogens with one attached hydrogen (secondary N) is 1. The van der Waals surface area contributed by atoms with Gasteiger partial charge in [-0.15, -0.1) is 0 Å². The molecule has 0 radical (unpaired) electrons. The fourth-order valence-corrected chi connectivity index (χ4v) is 9.87. The fourth-order valence-electron chi connectivity index (χ4n) is 9.13. The fraction of sp³-hybridized carbons (Fsp3) is 0.391. The minimum Gasteiger partial charge on any atom is -0.337 e. The van der Waals surface area contributed by atoms with Crippen molar-refractivity contribution in [1.82, 2.24) is 20.0 Å². The van der Waals surface area contributed by atoms with Crippen molar-refractivity contribution in [3.05, 3.63) is 133 Å². The van der Waals surface area contributed by atoms with Gasteiger partial charge in [0.25, 0.3) is 11.8 Å². The van der Waals surface area contributed by atoms with E-state index < -0.39 is 42.4 Å². The monoisotopic (exact) mass is 913 g/mol. The van der Waals surface area contributed by atoms with Gasteiger partial charge in [-0.05, 0) is 127 Å². The second-order valence-corrected chi connectivity index (χ2v) is 18.1. The number of carbonyl (C=O) groups is 4. The largest absolute Gasteiger partial charge is 0.337 e. The lowest BCUT2D eigenvalue weighted by Gasteiger charge is -2.55. The Morgan fingerprint density at radius 1 is 0.948 bits per heavy atom. The average Bonchev–Trinajstić information content (AvgIpc) is 3.56. The zero-order chi connectivity index (χ0) is 40.7. The number of anilines is 1. The average molecular weight is 914 g/mol. The molecule has 0 saturated carbocycles. The lowest BCUT2D eigenvalue weighted by atomic mass is 9.85. The molecule has 12 heteroatoms. The summed E-state index contributed by atoms with van der Waals surface area (Å²) in [6.45, 7) is 7.95. The highest BCUT2D eigenvalue weighted by Crippen LogP contribution is 2.46. The van der Waals surface area contributed by atoms with Crippen molar-refractivity contribution < 1.29 is 23.9 Å². The highest BCUT2D eigenvalue weighted by molar-refractivity contribution is 14.1. The van der Waals surface area contributed by atoms with Crippen LogP contribution >= 0.6 is 34.2 Å². The molecule has 6 atom stereocenters. The minimum absolute atomic E-state index is 0.197. The quantitative estimate of drug-likeness (QED) is 0.0838. The van der Waals surface area contributed by atoms with Gasteiger partial charge in [-0.3, -0.25) is 33.9 Å². The second kappa shape index (κ2) is 17.1. The van der Waals surface area contributed by atoms with Gasteiger partial charge >= 0.3 is 0 Å². The number of benzene rings is 4. The molecule has 0 aromatic heterocycles. The molecule has 58 heavy (non-hydrogen) atoms. The molecular formula is C46H49ClIN5O5. The number of aryl methyl sites for hydroxylation is 2. The van der Waals surface area contributed by atoms with Crippen molar-refractivity contribution in [3.63, 3.8) is 0 Å². The van der Waals surface area contributed by atoms with Gasteiger partial charge in [0.15, 0.2) is 18.5 Å². The van der Waals surface area contributed by atoms with E-state index in [-0.39, 0.29) is 18.0 Å². The number of piperidine rings is 3. The Balaban J connectivity index is 1.21. The molecule has 5 heterocycles. The first-order valence-electron chi connectivity index (χ1n) is 20.2. The third-order valence-corrected chi connectivity index (χ3v) is 13.3. The van der Waals surface area contributed by atoms with E-state index in [1.807, 2.05) is 61.5 Å². The summed E-state index contributed by atoms with van der Waals surface area (Å²) in [6, 6.07) is 28.9. The van der Waals surface area contributed by atoms with Crippen LogP contribution in [0.3, 0.4) is 0 Å². The Bertz CT molecular complexity index is 2160. The minimum atomic E-state index is -1.31. The lowest BCUT2D eigenvalue weighted by Crippen LogP contribution is -2.78. The maximum Gasteiger partial charge on any atom is 0.265 e. The van der Waals surface area contributed by atoms with E-state index >= 15 is 4.79 Å². The number of hydrogen-bond acceptors (Lipinski definition) is 6. The molecule has 5 aliphatic rings. The van der Waals surface area contributed by atoms with E-state index in [1.54, 1.807) is 46.2 Å². The third-order valence-electron chi connectivity index (χ3n) is 12.3.